The normalized spacial score (nSPS) is 18.8. The Morgan fingerprint density at radius 3 is 2.68 bits per heavy atom. The molecule has 96 valence electrons. The van der Waals surface area contributed by atoms with Crippen molar-refractivity contribution in [1.29, 1.82) is 0 Å². The number of hydrogen-bond donors (Lipinski definition) is 2. The van der Waals surface area contributed by atoms with Gasteiger partial charge in [0, 0.05) is 17.0 Å². The van der Waals surface area contributed by atoms with Crippen molar-refractivity contribution >= 4 is 33.8 Å². The van der Waals surface area contributed by atoms with Crippen LogP contribution in [0.4, 0.5) is 4.79 Å². The molecule has 0 spiro atoms. The van der Waals surface area contributed by atoms with Crippen LogP contribution in [-0.4, -0.2) is 21.4 Å². The topological polar surface area (TPSA) is 79.0 Å². The average Bonchev–Trinajstić information content (AvgIpc) is 2.67. The molecule has 19 heavy (non-hydrogen) atoms. The Morgan fingerprint density at radius 2 is 1.95 bits per heavy atom. The van der Waals surface area contributed by atoms with Crippen molar-refractivity contribution in [2.75, 3.05) is 0 Å². The van der Waals surface area contributed by atoms with E-state index in [1.54, 1.807) is 0 Å². The summed E-state index contributed by atoms with van der Waals surface area (Å²) in [5, 5.41) is 2.36. The summed E-state index contributed by atoms with van der Waals surface area (Å²) in [4.78, 5) is 37.1. The van der Waals surface area contributed by atoms with Gasteiger partial charge in [-0.25, -0.2) is 0 Å². The fraction of sp³-hybridized carbons (Fsp3) is 0.154. The van der Waals surface area contributed by atoms with E-state index in [4.69, 9.17) is 0 Å². The van der Waals surface area contributed by atoms with E-state index in [1.165, 1.54) is 6.07 Å². The van der Waals surface area contributed by atoms with E-state index < -0.39 is 5.25 Å². The van der Waals surface area contributed by atoms with Gasteiger partial charge in [0.15, 0.2) is 0 Å². The first-order valence-corrected chi connectivity index (χ1v) is 6.64. The molecule has 0 saturated carbocycles. The molecule has 0 bridgehead atoms. The van der Waals surface area contributed by atoms with Crippen LogP contribution in [0.5, 0.6) is 0 Å². The third-order valence-electron chi connectivity index (χ3n) is 3.01. The standard InChI is InChI=1S/C13H10N2O3S/c16-11-6-7(5-10-12(17)15-13(18)19-10)8-3-1-2-4-9(8)14-11/h1-4,6,10H,5H2,(H,14,16)(H,15,17,18). The van der Waals surface area contributed by atoms with Crippen molar-refractivity contribution in [1.82, 2.24) is 10.3 Å². The summed E-state index contributed by atoms with van der Waals surface area (Å²) in [6.45, 7) is 0. The molecule has 1 fully saturated rings. The highest BCUT2D eigenvalue weighted by Gasteiger charge is 2.31. The second-order valence-corrected chi connectivity index (χ2v) is 5.47. The zero-order chi connectivity index (χ0) is 13.4. The molecule has 0 aliphatic carbocycles. The molecule has 2 N–H and O–H groups in total. The lowest BCUT2D eigenvalue weighted by atomic mass is 10.0. The Balaban J connectivity index is 2.03. The van der Waals surface area contributed by atoms with Crippen LogP contribution in [-0.2, 0) is 11.2 Å². The predicted molar refractivity (Wildman–Crippen MR) is 73.2 cm³/mol. The largest absolute Gasteiger partial charge is 0.322 e. The number of aromatic nitrogens is 1. The minimum atomic E-state index is -0.460. The number of pyridine rings is 1. The zero-order valence-corrected chi connectivity index (χ0v) is 10.6. The number of amides is 2. The number of imide groups is 1. The molecule has 5 nitrogen and oxygen atoms in total. The van der Waals surface area contributed by atoms with Crippen LogP contribution in [0.15, 0.2) is 35.1 Å². The number of hydrogen-bond acceptors (Lipinski definition) is 4. The van der Waals surface area contributed by atoms with Crippen LogP contribution in [0, 0.1) is 0 Å². The number of carbonyl (C=O) groups excluding carboxylic acids is 2. The zero-order valence-electron chi connectivity index (χ0n) is 9.80. The summed E-state index contributed by atoms with van der Waals surface area (Å²) in [5.74, 6) is -0.292. The molecule has 1 aliphatic heterocycles. The summed E-state index contributed by atoms with van der Waals surface area (Å²) < 4.78 is 0. The highest BCUT2D eigenvalue weighted by molar-refractivity contribution is 8.15. The molecular weight excluding hydrogens is 264 g/mol. The summed E-state index contributed by atoms with van der Waals surface area (Å²) in [6, 6.07) is 8.89. The monoisotopic (exact) mass is 274 g/mol. The fourth-order valence-corrected chi connectivity index (χ4v) is 3.02. The predicted octanol–water partition coefficient (Wildman–Crippen LogP) is 1.42. The van der Waals surface area contributed by atoms with Crippen molar-refractivity contribution in [3.8, 4) is 0 Å². The van der Waals surface area contributed by atoms with Crippen molar-refractivity contribution in [2.45, 2.75) is 11.7 Å². The van der Waals surface area contributed by atoms with Gasteiger partial charge in [-0.2, -0.15) is 0 Å². The number of H-pyrrole nitrogens is 1. The SMILES string of the molecule is O=C1NC(=O)C(Cc2cc(=O)[nH]c3ccccc23)S1. The molecule has 2 amide bonds. The second-order valence-electron chi connectivity index (χ2n) is 4.29. The van der Waals surface area contributed by atoms with Gasteiger partial charge in [0.25, 0.3) is 5.24 Å². The van der Waals surface area contributed by atoms with Gasteiger partial charge in [0.2, 0.25) is 11.5 Å². The number of rotatable bonds is 2. The van der Waals surface area contributed by atoms with E-state index in [0.717, 1.165) is 28.2 Å². The van der Waals surface area contributed by atoms with E-state index in [1.807, 2.05) is 24.3 Å². The Bertz CT molecular complexity index is 738. The number of aromatic amines is 1. The van der Waals surface area contributed by atoms with Crippen LogP contribution < -0.4 is 10.9 Å². The number of nitrogens with one attached hydrogen (secondary N) is 2. The summed E-state index contributed by atoms with van der Waals surface area (Å²) in [7, 11) is 0. The summed E-state index contributed by atoms with van der Waals surface area (Å²) in [6.07, 6.45) is 0.368. The Kier molecular flexibility index (Phi) is 2.87. The first kappa shape index (κ1) is 12.0. The number of para-hydroxylation sites is 1. The van der Waals surface area contributed by atoms with Crippen molar-refractivity contribution < 1.29 is 9.59 Å². The van der Waals surface area contributed by atoms with Gasteiger partial charge in [-0.15, -0.1) is 0 Å². The average molecular weight is 274 g/mol. The van der Waals surface area contributed by atoms with Gasteiger partial charge in [0.05, 0.1) is 5.25 Å². The molecule has 3 rings (SSSR count). The minimum absolute atomic E-state index is 0.205. The first-order chi connectivity index (χ1) is 9.13. The lowest BCUT2D eigenvalue weighted by Crippen LogP contribution is -2.25. The van der Waals surface area contributed by atoms with E-state index >= 15 is 0 Å². The first-order valence-electron chi connectivity index (χ1n) is 5.76. The molecule has 1 saturated heterocycles. The third-order valence-corrected chi connectivity index (χ3v) is 3.99. The van der Waals surface area contributed by atoms with Gasteiger partial charge in [0.1, 0.15) is 0 Å². The quantitative estimate of drug-likeness (QED) is 0.868. The van der Waals surface area contributed by atoms with Crippen LogP contribution >= 0.6 is 11.8 Å². The van der Waals surface area contributed by atoms with Crippen LogP contribution in [0.2, 0.25) is 0 Å². The van der Waals surface area contributed by atoms with Crippen molar-refractivity contribution in [2.24, 2.45) is 0 Å². The minimum Gasteiger partial charge on any atom is -0.322 e. The van der Waals surface area contributed by atoms with Crippen LogP contribution in [0.3, 0.4) is 0 Å². The Hall–Kier alpha value is -2.08. The number of fused-ring (bicyclic) bond motifs is 1. The van der Waals surface area contributed by atoms with E-state index in [-0.39, 0.29) is 16.7 Å². The molecule has 1 atom stereocenters. The van der Waals surface area contributed by atoms with Gasteiger partial charge >= 0.3 is 0 Å². The van der Waals surface area contributed by atoms with Crippen LogP contribution in [0.25, 0.3) is 10.9 Å². The summed E-state index contributed by atoms with van der Waals surface area (Å²) in [5.41, 5.74) is 1.31. The second kappa shape index (κ2) is 4.55. The van der Waals surface area contributed by atoms with Gasteiger partial charge < -0.3 is 4.98 Å². The van der Waals surface area contributed by atoms with Crippen molar-refractivity contribution in [3.63, 3.8) is 0 Å². The molecule has 1 aromatic carbocycles. The lowest BCUT2D eigenvalue weighted by Gasteiger charge is -2.08. The molecule has 1 aromatic heterocycles. The van der Waals surface area contributed by atoms with Gasteiger partial charge in [-0.3, -0.25) is 19.7 Å². The fourth-order valence-electron chi connectivity index (χ4n) is 2.17. The maximum atomic E-state index is 11.6. The van der Waals surface area contributed by atoms with Gasteiger partial charge in [-0.1, -0.05) is 30.0 Å². The molecular formula is C13H10N2O3S. The Labute approximate surface area is 112 Å². The lowest BCUT2D eigenvalue weighted by molar-refractivity contribution is -0.118. The van der Waals surface area contributed by atoms with E-state index in [2.05, 4.69) is 10.3 Å². The number of benzene rings is 1. The molecule has 0 radical (unpaired) electrons. The number of carbonyl (C=O) groups is 2. The molecule has 6 heteroatoms. The molecule has 2 heterocycles. The molecule has 1 aliphatic rings. The highest BCUT2D eigenvalue weighted by atomic mass is 32.2. The summed E-state index contributed by atoms with van der Waals surface area (Å²) >= 11 is 0.971. The van der Waals surface area contributed by atoms with Crippen LogP contribution in [0.1, 0.15) is 5.56 Å². The van der Waals surface area contributed by atoms with Crippen molar-refractivity contribution in [3.05, 3.63) is 46.2 Å². The van der Waals surface area contributed by atoms with E-state index in [9.17, 15) is 14.4 Å². The smallest absolute Gasteiger partial charge is 0.286 e. The Morgan fingerprint density at radius 1 is 1.16 bits per heavy atom. The molecule has 1 unspecified atom stereocenters. The number of thioether (sulfide) groups is 1. The third kappa shape index (κ3) is 2.26. The maximum absolute atomic E-state index is 11.6. The van der Waals surface area contributed by atoms with Gasteiger partial charge in [-0.05, 0) is 18.1 Å². The van der Waals surface area contributed by atoms with E-state index in [0.29, 0.717) is 6.42 Å². The maximum Gasteiger partial charge on any atom is 0.286 e. The highest BCUT2D eigenvalue weighted by Crippen LogP contribution is 2.25. The molecule has 2 aromatic rings.